The summed E-state index contributed by atoms with van der Waals surface area (Å²) >= 11 is 1.37. The van der Waals surface area contributed by atoms with Crippen LogP contribution in [-0.2, 0) is 4.79 Å². The molecule has 0 radical (unpaired) electrons. The Bertz CT molecular complexity index is 713. The highest BCUT2D eigenvalue weighted by molar-refractivity contribution is 8.00. The van der Waals surface area contributed by atoms with Gasteiger partial charge in [0.2, 0.25) is 11.1 Å². The Morgan fingerprint density at radius 1 is 1.31 bits per heavy atom. The Hall–Kier alpha value is -2.09. The number of carbonyl (C=O) groups excluding carboxylic acids is 1. The molecule has 1 unspecified atom stereocenters. The number of rotatable bonds is 7. The van der Waals surface area contributed by atoms with Crippen molar-refractivity contribution >= 4 is 17.7 Å². The van der Waals surface area contributed by atoms with Gasteiger partial charge in [-0.25, -0.2) is 0 Å². The van der Waals surface area contributed by atoms with E-state index in [1.807, 2.05) is 38.1 Å². The van der Waals surface area contributed by atoms with Crippen molar-refractivity contribution in [2.24, 2.45) is 0 Å². The predicted molar refractivity (Wildman–Crippen MR) is 101 cm³/mol. The van der Waals surface area contributed by atoms with E-state index in [1.165, 1.54) is 31.0 Å². The first-order chi connectivity index (χ1) is 12.7. The molecule has 3 rings (SSSR count). The van der Waals surface area contributed by atoms with E-state index in [0.717, 1.165) is 24.3 Å². The molecule has 1 aromatic heterocycles. The molecule has 1 N–H and O–H groups in total. The van der Waals surface area contributed by atoms with Crippen LogP contribution in [-0.4, -0.2) is 44.0 Å². The first kappa shape index (κ1) is 18.7. The van der Waals surface area contributed by atoms with Crippen molar-refractivity contribution in [2.75, 3.05) is 6.61 Å². The number of benzene rings is 1. The lowest BCUT2D eigenvalue weighted by Crippen LogP contribution is -2.40. The lowest BCUT2D eigenvalue weighted by Gasteiger charge is -2.24. The molecule has 1 amide bonds. The number of aromatic nitrogens is 4. The maximum absolute atomic E-state index is 12.5. The Kier molecular flexibility index (Phi) is 6.49. The third kappa shape index (κ3) is 4.75. The van der Waals surface area contributed by atoms with Crippen LogP contribution >= 0.6 is 11.8 Å². The summed E-state index contributed by atoms with van der Waals surface area (Å²) in [5.74, 6) is 0.849. The molecule has 0 aliphatic heterocycles. The van der Waals surface area contributed by atoms with Gasteiger partial charge in [0.15, 0.2) is 0 Å². The highest BCUT2D eigenvalue weighted by Gasteiger charge is 2.22. The van der Waals surface area contributed by atoms with Crippen molar-refractivity contribution in [1.82, 2.24) is 25.5 Å². The largest absolute Gasteiger partial charge is 0.494 e. The molecule has 0 bridgehead atoms. The minimum absolute atomic E-state index is 0.0446. The first-order valence-electron chi connectivity index (χ1n) is 9.16. The van der Waals surface area contributed by atoms with Gasteiger partial charge in [0.1, 0.15) is 5.75 Å². The zero-order chi connectivity index (χ0) is 18.4. The normalized spacial score (nSPS) is 16.2. The minimum atomic E-state index is -0.260. The molecule has 0 spiro atoms. The van der Waals surface area contributed by atoms with Gasteiger partial charge in [-0.15, -0.1) is 5.10 Å². The molecule has 0 saturated heterocycles. The SMILES string of the molecule is CCOc1ccc(-n2nnnc2SC(C)C(=O)NC2CCCCC2)cc1. The smallest absolute Gasteiger partial charge is 0.233 e. The quantitative estimate of drug-likeness (QED) is 0.749. The predicted octanol–water partition coefficient (Wildman–Crippen LogP) is 2.99. The van der Waals surface area contributed by atoms with Gasteiger partial charge in [0.25, 0.3) is 0 Å². The average Bonchev–Trinajstić information content (AvgIpc) is 3.11. The molecule has 2 aromatic rings. The third-order valence-electron chi connectivity index (χ3n) is 4.44. The molecular weight excluding hydrogens is 350 g/mol. The van der Waals surface area contributed by atoms with Crippen LogP contribution in [0.4, 0.5) is 0 Å². The standard InChI is InChI=1S/C18H25N5O2S/c1-3-25-16-11-9-15(10-12-16)23-18(20-21-22-23)26-13(2)17(24)19-14-7-5-4-6-8-14/h9-14H,3-8H2,1-2H3,(H,19,24). The molecule has 140 valence electrons. The highest BCUT2D eigenvalue weighted by Crippen LogP contribution is 2.25. The van der Waals surface area contributed by atoms with Crippen LogP contribution in [0.3, 0.4) is 0 Å². The highest BCUT2D eigenvalue weighted by atomic mass is 32.2. The van der Waals surface area contributed by atoms with E-state index in [0.29, 0.717) is 17.8 Å². The fourth-order valence-corrected chi connectivity index (χ4v) is 3.86. The molecule has 1 fully saturated rings. The van der Waals surface area contributed by atoms with Crippen LogP contribution in [0, 0.1) is 0 Å². The number of hydrogen-bond acceptors (Lipinski definition) is 6. The van der Waals surface area contributed by atoms with E-state index in [4.69, 9.17) is 4.74 Å². The number of carbonyl (C=O) groups is 1. The fraction of sp³-hybridized carbons (Fsp3) is 0.556. The Labute approximate surface area is 157 Å². The minimum Gasteiger partial charge on any atom is -0.494 e. The second-order valence-corrected chi connectivity index (χ2v) is 7.71. The van der Waals surface area contributed by atoms with E-state index < -0.39 is 0 Å². The Morgan fingerprint density at radius 3 is 2.73 bits per heavy atom. The lowest BCUT2D eigenvalue weighted by molar-refractivity contribution is -0.121. The summed E-state index contributed by atoms with van der Waals surface area (Å²) in [6.07, 6.45) is 5.82. The molecule has 1 atom stereocenters. The summed E-state index contributed by atoms with van der Waals surface area (Å²) in [5, 5.41) is 15.4. The van der Waals surface area contributed by atoms with Crippen molar-refractivity contribution in [2.45, 2.75) is 62.4 Å². The molecular formula is C18H25N5O2S. The second kappa shape index (κ2) is 9.02. The third-order valence-corrected chi connectivity index (χ3v) is 5.47. The molecule has 1 heterocycles. The van der Waals surface area contributed by atoms with E-state index in [1.54, 1.807) is 4.68 Å². The van der Waals surface area contributed by atoms with Crippen LogP contribution in [0.1, 0.15) is 46.0 Å². The molecule has 1 aliphatic rings. The van der Waals surface area contributed by atoms with E-state index in [9.17, 15) is 4.79 Å². The van der Waals surface area contributed by atoms with Crippen molar-refractivity contribution in [3.8, 4) is 11.4 Å². The van der Waals surface area contributed by atoms with Gasteiger partial charge >= 0.3 is 0 Å². The number of hydrogen-bond donors (Lipinski definition) is 1. The van der Waals surface area contributed by atoms with Gasteiger partial charge in [-0.05, 0) is 61.4 Å². The molecule has 7 nitrogen and oxygen atoms in total. The monoisotopic (exact) mass is 375 g/mol. The van der Waals surface area contributed by atoms with E-state index in [2.05, 4.69) is 20.8 Å². The van der Waals surface area contributed by atoms with Crippen LogP contribution < -0.4 is 10.1 Å². The maximum Gasteiger partial charge on any atom is 0.233 e. The van der Waals surface area contributed by atoms with E-state index in [-0.39, 0.29) is 11.2 Å². The Morgan fingerprint density at radius 2 is 2.04 bits per heavy atom. The Balaban J connectivity index is 1.63. The van der Waals surface area contributed by atoms with Crippen LogP contribution in [0.2, 0.25) is 0 Å². The number of thioether (sulfide) groups is 1. The zero-order valence-corrected chi connectivity index (χ0v) is 16.0. The zero-order valence-electron chi connectivity index (χ0n) is 15.2. The maximum atomic E-state index is 12.5. The summed E-state index contributed by atoms with van der Waals surface area (Å²) in [4.78, 5) is 12.5. The number of nitrogens with zero attached hydrogens (tertiary/aromatic N) is 4. The van der Waals surface area contributed by atoms with Gasteiger partial charge in [-0.1, -0.05) is 31.0 Å². The van der Waals surface area contributed by atoms with Gasteiger partial charge in [0.05, 0.1) is 17.5 Å². The van der Waals surface area contributed by atoms with Crippen LogP contribution in [0.5, 0.6) is 5.75 Å². The number of nitrogens with one attached hydrogen (secondary N) is 1. The van der Waals surface area contributed by atoms with Gasteiger partial charge in [0, 0.05) is 6.04 Å². The summed E-state index contributed by atoms with van der Waals surface area (Å²) < 4.78 is 7.10. The van der Waals surface area contributed by atoms with Crippen LogP contribution in [0.25, 0.3) is 5.69 Å². The number of tetrazole rings is 1. The second-order valence-electron chi connectivity index (χ2n) is 6.40. The van der Waals surface area contributed by atoms with E-state index >= 15 is 0 Å². The van der Waals surface area contributed by atoms with Gasteiger partial charge < -0.3 is 10.1 Å². The van der Waals surface area contributed by atoms with Crippen molar-refractivity contribution in [3.63, 3.8) is 0 Å². The van der Waals surface area contributed by atoms with Gasteiger partial charge in [-0.3, -0.25) is 4.79 Å². The van der Waals surface area contributed by atoms with Crippen LogP contribution in [0.15, 0.2) is 29.4 Å². The van der Waals surface area contributed by atoms with Crippen molar-refractivity contribution in [1.29, 1.82) is 0 Å². The molecule has 1 saturated carbocycles. The summed E-state index contributed by atoms with van der Waals surface area (Å²) in [7, 11) is 0. The number of ether oxygens (including phenoxy) is 1. The summed E-state index contributed by atoms with van der Waals surface area (Å²) in [5.41, 5.74) is 0.834. The molecule has 8 heteroatoms. The van der Waals surface area contributed by atoms with Crippen molar-refractivity contribution in [3.05, 3.63) is 24.3 Å². The van der Waals surface area contributed by atoms with Crippen molar-refractivity contribution < 1.29 is 9.53 Å². The molecule has 26 heavy (non-hydrogen) atoms. The topological polar surface area (TPSA) is 81.9 Å². The molecule has 1 aromatic carbocycles. The summed E-state index contributed by atoms with van der Waals surface area (Å²) in [6.45, 7) is 4.46. The van der Waals surface area contributed by atoms with Gasteiger partial charge in [-0.2, -0.15) is 4.68 Å². The molecule has 1 aliphatic carbocycles. The fourth-order valence-electron chi connectivity index (χ4n) is 3.04. The summed E-state index contributed by atoms with van der Waals surface area (Å²) in [6, 6.07) is 7.88. The lowest BCUT2D eigenvalue weighted by atomic mass is 9.95. The first-order valence-corrected chi connectivity index (χ1v) is 10.0. The average molecular weight is 375 g/mol. The number of amides is 1.